The smallest absolute Gasteiger partial charge is 0.302 e. The van der Waals surface area contributed by atoms with Crippen molar-refractivity contribution in [2.75, 3.05) is 6.61 Å². The SMILES string of the molecule is C=CCCCO[C@H](C)[C@H]1CC[C@H]2[C@@H](OC(C)=O)CCC[C@]12C. The van der Waals surface area contributed by atoms with E-state index in [1.54, 1.807) is 0 Å². The number of carbonyl (C=O) groups is 1. The first kappa shape index (κ1) is 17.5. The number of hydrogen-bond donors (Lipinski definition) is 0. The topological polar surface area (TPSA) is 35.5 Å². The summed E-state index contributed by atoms with van der Waals surface area (Å²) in [6, 6.07) is 0. The fourth-order valence-electron chi connectivity index (χ4n) is 4.90. The van der Waals surface area contributed by atoms with Gasteiger partial charge in [0.15, 0.2) is 0 Å². The molecule has 2 aliphatic carbocycles. The number of rotatable bonds is 7. The maximum atomic E-state index is 11.4. The van der Waals surface area contributed by atoms with E-state index in [1.165, 1.54) is 26.2 Å². The Morgan fingerprint density at radius 1 is 1.41 bits per heavy atom. The van der Waals surface area contributed by atoms with E-state index in [4.69, 9.17) is 9.47 Å². The summed E-state index contributed by atoms with van der Waals surface area (Å²) in [6.07, 6.45) is 10.2. The molecule has 0 amide bonds. The van der Waals surface area contributed by atoms with Gasteiger partial charge in [0.05, 0.1) is 6.10 Å². The summed E-state index contributed by atoms with van der Waals surface area (Å²) in [5.74, 6) is 0.959. The van der Waals surface area contributed by atoms with Crippen molar-refractivity contribution in [1.82, 2.24) is 0 Å². The van der Waals surface area contributed by atoms with E-state index in [0.29, 0.717) is 11.8 Å². The van der Waals surface area contributed by atoms with Gasteiger partial charge in [0.2, 0.25) is 0 Å². The molecule has 0 bridgehead atoms. The standard InChI is InChI=1S/C19H32O3/c1-5-6-7-13-21-14(2)16-10-11-17-18(22-15(3)20)9-8-12-19(16,17)4/h5,14,16-18H,1,6-13H2,2-4H3/t14-,16-,17+,18+,19-/m1/s1. The summed E-state index contributed by atoms with van der Waals surface area (Å²) in [6.45, 7) is 10.7. The maximum absolute atomic E-state index is 11.4. The molecule has 0 unspecified atom stereocenters. The quantitative estimate of drug-likeness (QED) is 0.394. The number of fused-ring (bicyclic) bond motifs is 1. The lowest BCUT2D eigenvalue weighted by atomic mass is 9.63. The average molecular weight is 308 g/mol. The average Bonchev–Trinajstić information content (AvgIpc) is 2.81. The summed E-state index contributed by atoms with van der Waals surface area (Å²) < 4.78 is 11.7. The molecule has 2 saturated carbocycles. The molecule has 5 atom stereocenters. The molecule has 0 aromatic carbocycles. The zero-order chi connectivity index (χ0) is 16.2. The highest BCUT2D eigenvalue weighted by Crippen LogP contribution is 2.57. The first-order chi connectivity index (χ1) is 10.5. The highest BCUT2D eigenvalue weighted by molar-refractivity contribution is 5.66. The summed E-state index contributed by atoms with van der Waals surface area (Å²) in [5, 5.41) is 0. The summed E-state index contributed by atoms with van der Waals surface area (Å²) >= 11 is 0. The Balaban J connectivity index is 1.97. The van der Waals surface area contributed by atoms with Gasteiger partial charge in [-0.25, -0.2) is 0 Å². The first-order valence-electron chi connectivity index (χ1n) is 8.88. The van der Waals surface area contributed by atoms with Crippen LogP contribution in [0, 0.1) is 17.3 Å². The summed E-state index contributed by atoms with van der Waals surface area (Å²) in [4.78, 5) is 11.4. The van der Waals surface area contributed by atoms with E-state index >= 15 is 0 Å². The molecule has 2 aliphatic rings. The molecule has 0 aromatic heterocycles. The minimum absolute atomic E-state index is 0.120. The highest BCUT2D eigenvalue weighted by Gasteiger charge is 2.53. The van der Waals surface area contributed by atoms with Gasteiger partial charge in [0.25, 0.3) is 0 Å². The Kier molecular flexibility index (Phi) is 6.08. The third-order valence-electron chi connectivity index (χ3n) is 5.95. The number of allylic oxidation sites excluding steroid dienone is 1. The Bertz CT molecular complexity index is 392. The zero-order valence-electron chi connectivity index (χ0n) is 14.5. The van der Waals surface area contributed by atoms with E-state index in [9.17, 15) is 4.79 Å². The van der Waals surface area contributed by atoms with Crippen molar-refractivity contribution in [3.63, 3.8) is 0 Å². The zero-order valence-corrected chi connectivity index (χ0v) is 14.5. The van der Waals surface area contributed by atoms with Gasteiger partial charge in [-0.3, -0.25) is 4.79 Å². The Labute approximate surface area is 135 Å². The first-order valence-corrected chi connectivity index (χ1v) is 8.88. The molecule has 3 nitrogen and oxygen atoms in total. The molecular weight excluding hydrogens is 276 g/mol. The van der Waals surface area contributed by atoms with Crippen LogP contribution in [0.5, 0.6) is 0 Å². The van der Waals surface area contributed by atoms with E-state index in [0.717, 1.165) is 32.3 Å². The molecule has 126 valence electrons. The molecule has 2 rings (SSSR count). The van der Waals surface area contributed by atoms with Crippen LogP contribution in [0.4, 0.5) is 0 Å². The van der Waals surface area contributed by atoms with Crippen molar-refractivity contribution in [3.05, 3.63) is 12.7 Å². The Hall–Kier alpha value is -0.830. The minimum atomic E-state index is -0.133. The van der Waals surface area contributed by atoms with Crippen molar-refractivity contribution in [2.45, 2.75) is 77.9 Å². The molecule has 0 aromatic rings. The minimum Gasteiger partial charge on any atom is -0.462 e. The van der Waals surface area contributed by atoms with E-state index in [2.05, 4.69) is 20.4 Å². The van der Waals surface area contributed by atoms with Gasteiger partial charge >= 0.3 is 5.97 Å². The van der Waals surface area contributed by atoms with Crippen LogP contribution in [-0.4, -0.2) is 24.8 Å². The van der Waals surface area contributed by atoms with Crippen molar-refractivity contribution in [3.8, 4) is 0 Å². The van der Waals surface area contributed by atoms with Crippen LogP contribution < -0.4 is 0 Å². The number of hydrogen-bond acceptors (Lipinski definition) is 3. The molecule has 3 heteroatoms. The third-order valence-corrected chi connectivity index (χ3v) is 5.95. The molecule has 0 saturated heterocycles. The van der Waals surface area contributed by atoms with Crippen molar-refractivity contribution < 1.29 is 14.3 Å². The Morgan fingerprint density at radius 2 is 2.18 bits per heavy atom. The number of ether oxygens (including phenoxy) is 2. The predicted octanol–water partition coefficient (Wildman–Crippen LogP) is 4.51. The predicted molar refractivity (Wildman–Crippen MR) is 88.6 cm³/mol. The molecule has 2 fully saturated rings. The molecule has 22 heavy (non-hydrogen) atoms. The molecular formula is C19H32O3. The van der Waals surface area contributed by atoms with E-state index < -0.39 is 0 Å². The van der Waals surface area contributed by atoms with Crippen LogP contribution in [-0.2, 0) is 14.3 Å². The van der Waals surface area contributed by atoms with Gasteiger partial charge in [-0.15, -0.1) is 6.58 Å². The van der Waals surface area contributed by atoms with Crippen LogP contribution >= 0.6 is 0 Å². The summed E-state index contributed by atoms with van der Waals surface area (Å²) in [7, 11) is 0. The molecule has 0 aliphatic heterocycles. The van der Waals surface area contributed by atoms with E-state index in [-0.39, 0.29) is 23.6 Å². The molecule has 0 spiro atoms. The monoisotopic (exact) mass is 308 g/mol. The lowest BCUT2D eigenvalue weighted by molar-refractivity contribution is -0.156. The van der Waals surface area contributed by atoms with Gasteiger partial charge in [-0.2, -0.15) is 0 Å². The van der Waals surface area contributed by atoms with E-state index in [1.807, 2.05) is 6.08 Å². The van der Waals surface area contributed by atoms with Gasteiger partial charge in [-0.05, 0) is 63.2 Å². The second-order valence-electron chi connectivity index (χ2n) is 7.34. The fraction of sp³-hybridized carbons (Fsp3) is 0.842. The molecule has 0 radical (unpaired) electrons. The van der Waals surface area contributed by atoms with Crippen LogP contribution in [0.2, 0.25) is 0 Å². The number of unbranched alkanes of at least 4 members (excludes halogenated alkanes) is 1. The van der Waals surface area contributed by atoms with Crippen molar-refractivity contribution in [1.29, 1.82) is 0 Å². The normalized spacial score (nSPS) is 35.7. The number of carbonyl (C=O) groups excluding carboxylic acids is 1. The molecule has 0 heterocycles. The lowest BCUT2D eigenvalue weighted by Gasteiger charge is -2.45. The van der Waals surface area contributed by atoms with Crippen molar-refractivity contribution >= 4 is 5.97 Å². The lowest BCUT2D eigenvalue weighted by Crippen LogP contribution is -2.44. The van der Waals surface area contributed by atoms with Gasteiger partial charge < -0.3 is 9.47 Å². The third kappa shape index (κ3) is 3.73. The van der Waals surface area contributed by atoms with Crippen LogP contribution in [0.3, 0.4) is 0 Å². The fourth-order valence-corrected chi connectivity index (χ4v) is 4.90. The second kappa shape index (κ2) is 7.63. The largest absolute Gasteiger partial charge is 0.462 e. The van der Waals surface area contributed by atoms with Gasteiger partial charge in [0.1, 0.15) is 6.10 Å². The van der Waals surface area contributed by atoms with Gasteiger partial charge in [0, 0.05) is 19.4 Å². The van der Waals surface area contributed by atoms with Crippen LogP contribution in [0.1, 0.15) is 65.7 Å². The summed E-state index contributed by atoms with van der Waals surface area (Å²) in [5.41, 5.74) is 0.260. The van der Waals surface area contributed by atoms with Crippen LogP contribution in [0.15, 0.2) is 12.7 Å². The maximum Gasteiger partial charge on any atom is 0.302 e. The number of esters is 1. The van der Waals surface area contributed by atoms with Crippen LogP contribution in [0.25, 0.3) is 0 Å². The van der Waals surface area contributed by atoms with Gasteiger partial charge in [-0.1, -0.05) is 13.0 Å². The Morgan fingerprint density at radius 3 is 2.86 bits per heavy atom. The van der Waals surface area contributed by atoms with Crippen molar-refractivity contribution in [2.24, 2.45) is 17.3 Å². The second-order valence-corrected chi connectivity index (χ2v) is 7.34. The molecule has 0 N–H and O–H groups in total. The highest BCUT2D eigenvalue weighted by atomic mass is 16.5.